The van der Waals surface area contributed by atoms with Gasteiger partial charge in [0.2, 0.25) is 0 Å². The Hall–Kier alpha value is -3.72. The normalized spacial score (nSPS) is 31.2. The zero-order valence-corrected chi connectivity index (χ0v) is 21.0. The molecule has 2 N–H and O–H groups in total. The maximum atomic E-state index is 11.9. The number of aliphatic hydroxyl groups excluding tert-OH is 2. The first kappa shape index (κ1) is 28.8. The van der Waals surface area contributed by atoms with Crippen molar-refractivity contribution < 1.29 is 39.1 Å². The molecule has 0 saturated carbocycles. The Morgan fingerprint density at radius 2 is 1.08 bits per heavy atom. The van der Waals surface area contributed by atoms with E-state index in [1.807, 2.05) is 0 Å². The second-order valence-corrected chi connectivity index (χ2v) is 9.18. The molecular weight excluding hydrogens is 504 g/mol. The average Bonchev–Trinajstić information content (AvgIpc) is 2.90. The number of ether oxygens (including phenoxy) is 2. The largest absolute Gasteiger partial charge is 0.383 e. The highest BCUT2D eigenvalue weighted by Crippen LogP contribution is 2.39. The predicted molar refractivity (Wildman–Crippen MR) is 129 cm³/mol. The van der Waals surface area contributed by atoms with Crippen LogP contribution in [0.25, 0.3) is 0 Å². The van der Waals surface area contributed by atoms with Gasteiger partial charge >= 0.3 is 0 Å². The highest BCUT2D eigenvalue weighted by molar-refractivity contribution is 5.87. The van der Waals surface area contributed by atoms with Crippen molar-refractivity contribution in [2.75, 3.05) is 0 Å². The van der Waals surface area contributed by atoms with Crippen LogP contribution in [0.3, 0.4) is 0 Å². The topological polar surface area (TPSA) is 205 Å². The van der Waals surface area contributed by atoms with E-state index in [1.165, 1.54) is 24.5 Å². The SMILES string of the molecule is C[C@H]1O[C@@H](c2ccncc2[N+](=O)[O-])[C@@H](C)C(=O)[C@@H]1O.C[C@H]1O[C@@H](c2ccncc2[N+](=O)[O-])[C@@H](C)C(=O)[C@H]1O. The molecule has 4 rings (SSSR count). The summed E-state index contributed by atoms with van der Waals surface area (Å²) in [6, 6.07) is 2.94. The molecule has 2 aliphatic rings. The Balaban J connectivity index is 0.000000211. The van der Waals surface area contributed by atoms with Crippen LogP contribution in [-0.2, 0) is 19.1 Å². The molecule has 204 valence electrons. The summed E-state index contributed by atoms with van der Waals surface area (Å²) in [6.07, 6.45) is -0.153. The van der Waals surface area contributed by atoms with Gasteiger partial charge in [-0.3, -0.25) is 39.8 Å². The Morgan fingerprint density at radius 1 is 0.737 bits per heavy atom. The van der Waals surface area contributed by atoms with E-state index in [4.69, 9.17) is 9.47 Å². The van der Waals surface area contributed by atoms with Gasteiger partial charge in [-0.1, -0.05) is 13.8 Å². The summed E-state index contributed by atoms with van der Waals surface area (Å²) in [5, 5.41) is 41.2. The lowest BCUT2D eigenvalue weighted by molar-refractivity contribution is -0.386. The molecule has 2 fully saturated rings. The van der Waals surface area contributed by atoms with E-state index < -0.39 is 58.3 Å². The van der Waals surface area contributed by atoms with E-state index in [9.17, 15) is 40.0 Å². The molecule has 0 radical (unpaired) electrons. The Labute approximate surface area is 216 Å². The molecule has 0 unspecified atom stereocenters. The molecule has 38 heavy (non-hydrogen) atoms. The van der Waals surface area contributed by atoms with Crippen LogP contribution in [0.2, 0.25) is 0 Å². The molecule has 0 aromatic carbocycles. The van der Waals surface area contributed by atoms with Gasteiger partial charge in [0.25, 0.3) is 11.4 Å². The van der Waals surface area contributed by atoms with Crippen molar-refractivity contribution in [1.82, 2.24) is 9.97 Å². The lowest BCUT2D eigenvalue weighted by atomic mass is 9.86. The number of nitrogens with zero attached hydrogens (tertiary/aromatic N) is 4. The van der Waals surface area contributed by atoms with Crippen molar-refractivity contribution >= 4 is 22.9 Å². The molecule has 2 aromatic rings. The summed E-state index contributed by atoms with van der Waals surface area (Å²) in [7, 11) is 0. The average molecular weight is 533 g/mol. The molecule has 0 aliphatic carbocycles. The van der Waals surface area contributed by atoms with Gasteiger partial charge < -0.3 is 19.7 Å². The first-order chi connectivity index (χ1) is 17.9. The number of rotatable bonds is 4. The van der Waals surface area contributed by atoms with Crippen LogP contribution < -0.4 is 0 Å². The van der Waals surface area contributed by atoms with Crippen LogP contribution in [-0.4, -0.2) is 66.0 Å². The van der Waals surface area contributed by atoms with Crippen LogP contribution >= 0.6 is 0 Å². The van der Waals surface area contributed by atoms with Crippen LogP contribution in [0.1, 0.15) is 51.0 Å². The second kappa shape index (κ2) is 11.8. The molecule has 0 bridgehead atoms. The van der Waals surface area contributed by atoms with Crippen molar-refractivity contribution in [3.8, 4) is 0 Å². The van der Waals surface area contributed by atoms with Crippen LogP contribution in [0.4, 0.5) is 11.4 Å². The Kier molecular flexibility index (Phi) is 8.93. The summed E-state index contributed by atoms with van der Waals surface area (Å²) in [5.74, 6) is -2.02. The molecule has 8 atom stereocenters. The van der Waals surface area contributed by atoms with Gasteiger partial charge in [-0.15, -0.1) is 0 Å². The third-order valence-corrected chi connectivity index (χ3v) is 6.67. The first-order valence-electron chi connectivity index (χ1n) is 11.8. The fourth-order valence-electron chi connectivity index (χ4n) is 4.41. The van der Waals surface area contributed by atoms with Gasteiger partial charge in [0, 0.05) is 24.2 Å². The van der Waals surface area contributed by atoms with Crippen molar-refractivity contribution in [3.05, 3.63) is 68.3 Å². The second-order valence-electron chi connectivity index (χ2n) is 9.18. The molecule has 0 amide bonds. The highest BCUT2D eigenvalue weighted by Gasteiger charge is 2.43. The van der Waals surface area contributed by atoms with Crippen LogP contribution in [0.15, 0.2) is 36.9 Å². The summed E-state index contributed by atoms with van der Waals surface area (Å²) < 4.78 is 11.1. The molecule has 2 saturated heterocycles. The minimum atomic E-state index is -1.19. The Bertz CT molecular complexity index is 1130. The van der Waals surface area contributed by atoms with Crippen LogP contribution in [0, 0.1) is 32.1 Å². The molecule has 4 heterocycles. The number of hydrogen-bond acceptors (Lipinski definition) is 12. The molecule has 2 aliphatic heterocycles. The molecule has 14 nitrogen and oxygen atoms in total. The number of Topliss-reactive ketones (excluding diaryl/α,β-unsaturated/α-hetero) is 2. The third kappa shape index (κ3) is 5.72. The number of aromatic nitrogens is 2. The summed E-state index contributed by atoms with van der Waals surface area (Å²) in [4.78, 5) is 52.0. The zero-order chi connectivity index (χ0) is 28.3. The van der Waals surface area contributed by atoms with Gasteiger partial charge in [0.05, 0.1) is 45.4 Å². The zero-order valence-electron chi connectivity index (χ0n) is 21.0. The van der Waals surface area contributed by atoms with Crippen molar-refractivity contribution in [1.29, 1.82) is 0 Å². The predicted octanol–water partition coefficient (Wildman–Crippen LogP) is 2.03. The summed E-state index contributed by atoms with van der Waals surface area (Å²) in [5.41, 5.74) is 0.241. The minimum absolute atomic E-state index is 0.185. The lowest BCUT2D eigenvalue weighted by Crippen LogP contribution is -2.46. The third-order valence-electron chi connectivity index (χ3n) is 6.67. The van der Waals surface area contributed by atoms with E-state index in [0.29, 0.717) is 11.1 Å². The standard InChI is InChI=1S/2C12H14N2O5/c2*1-6-10(15)11(16)7(2)19-12(6)8-3-4-13-5-9(8)14(17)18/h2*3-7,11-12,16H,1-2H3/t6-,7+,11+,12+;6-,7+,11-,12+/m00/s1. The van der Waals surface area contributed by atoms with Crippen LogP contribution in [0.5, 0.6) is 0 Å². The monoisotopic (exact) mass is 532 g/mol. The van der Waals surface area contributed by atoms with E-state index >= 15 is 0 Å². The number of aliphatic hydroxyl groups is 2. The Morgan fingerprint density at radius 3 is 1.39 bits per heavy atom. The molecule has 14 heteroatoms. The van der Waals surface area contributed by atoms with E-state index in [0.717, 1.165) is 12.4 Å². The maximum absolute atomic E-state index is 11.9. The number of pyridine rings is 2. The minimum Gasteiger partial charge on any atom is -0.383 e. The number of ketones is 2. The molecule has 0 spiro atoms. The maximum Gasteiger partial charge on any atom is 0.293 e. The van der Waals surface area contributed by atoms with Gasteiger partial charge in [-0.2, -0.15) is 0 Å². The molecule has 2 aromatic heterocycles. The highest BCUT2D eigenvalue weighted by atomic mass is 16.6. The van der Waals surface area contributed by atoms with Crippen molar-refractivity contribution in [2.24, 2.45) is 11.8 Å². The molecular formula is C24H28N4O10. The lowest BCUT2D eigenvalue weighted by Gasteiger charge is -2.35. The number of hydrogen-bond donors (Lipinski definition) is 2. The van der Waals surface area contributed by atoms with E-state index in [1.54, 1.807) is 27.7 Å². The fraction of sp³-hybridized carbons (Fsp3) is 0.500. The first-order valence-corrected chi connectivity index (χ1v) is 11.8. The summed E-state index contributed by atoms with van der Waals surface area (Å²) >= 11 is 0. The van der Waals surface area contributed by atoms with Gasteiger partial charge in [0.15, 0.2) is 11.6 Å². The van der Waals surface area contributed by atoms with Gasteiger partial charge in [0.1, 0.15) is 24.6 Å². The fourth-order valence-corrected chi connectivity index (χ4v) is 4.41. The number of carbonyl (C=O) groups excluding carboxylic acids is 2. The van der Waals surface area contributed by atoms with Gasteiger partial charge in [-0.25, -0.2) is 0 Å². The van der Waals surface area contributed by atoms with E-state index in [-0.39, 0.29) is 22.9 Å². The summed E-state index contributed by atoms with van der Waals surface area (Å²) in [6.45, 7) is 6.31. The van der Waals surface area contributed by atoms with Crippen molar-refractivity contribution in [3.63, 3.8) is 0 Å². The van der Waals surface area contributed by atoms with Gasteiger partial charge in [-0.05, 0) is 26.0 Å². The number of carbonyl (C=O) groups is 2. The van der Waals surface area contributed by atoms with Crippen molar-refractivity contribution in [2.45, 2.75) is 64.3 Å². The quantitative estimate of drug-likeness (QED) is 0.428. The number of nitro groups is 2. The van der Waals surface area contributed by atoms with E-state index in [2.05, 4.69) is 9.97 Å². The smallest absolute Gasteiger partial charge is 0.293 e.